The summed E-state index contributed by atoms with van der Waals surface area (Å²) >= 11 is 0. The minimum Gasteiger partial charge on any atom is -0.493 e. The summed E-state index contributed by atoms with van der Waals surface area (Å²) in [5, 5.41) is 2.86. The number of carbonyl (C=O) groups is 1. The second-order valence-corrected chi connectivity index (χ2v) is 5.12. The van der Waals surface area contributed by atoms with Crippen LogP contribution in [-0.2, 0) is 11.3 Å². The summed E-state index contributed by atoms with van der Waals surface area (Å²) in [7, 11) is 3.16. The Balaban J connectivity index is 1.99. The summed E-state index contributed by atoms with van der Waals surface area (Å²) in [4.78, 5) is 11.9. The van der Waals surface area contributed by atoms with Gasteiger partial charge in [0.15, 0.2) is 11.5 Å². The fraction of sp³-hybridized carbons (Fsp3) is 0.211. The SMILES string of the molecule is COc1cccc(/C=C/C(=O)NCc2ccc(C)cc2)c1OC. The van der Waals surface area contributed by atoms with Gasteiger partial charge in [-0.3, -0.25) is 4.79 Å². The van der Waals surface area contributed by atoms with Crippen LogP contribution in [0.5, 0.6) is 11.5 Å². The first-order chi connectivity index (χ1) is 11.1. The Kier molecular flexibility index (Phi) is 5.80. The number of methoxy groups -OCH3 is 2. The molecule has 0 saturated carbocycles. The number of benzene rings is 2. The highest BCUT2D eigenvalue weighted by atomic mass is 16.5. The molecule has 23 heavy (non-hydrogen) atoms. The van der Waals surface area contributed by atoms with E-state index in [-0.39, 0.29) is 5.91 Å². The summed E-state index contributed by atoms with van der Waals surface area (Å²) in [5.41, 5.74) is 3.05. The minimum absolute atomic E-state index is 0.157. The Bertz CT molecular complexity index is 690. The molecule has 0 aliphatic carbocycles. The molecule has 0 aromatic heterocycles. The standard InChI is InChI=1S/C19H21NO3/c1-14-7-9-15(10-8-14)13-20-18(21)12-11-16-5-4-6-17(22-2)19(16)23-3/h4-12H,13H2,1-3H3,(H,20,21)/b12-11+. The van der Waals surface area contributed by atoms with Crippen LogP contribution in [0.15, 0.2) is 48.5 Å². The van der Waals surface area contributed by atoms with Crippen molar-refractivity contribution in [1.29, 1.82) is 0 Å². The Labute approximate surface area is 136 Å². The van der Waals surface area contributed by atoms with E-state index in [0.717, 1.165) is 11.1 Å². The van der Waals surface area contributed by atoms with Crippen molar-refractivity contribution < 1.29 is 14.3 Å². The highest BCUT2D eigenvalue weighted by Crippen LogP contribution is 2.31. The van der Waals surface area contributed by atoms with Gasteiger partial charge < -0.3 is 14.8 Å². The maximum Gasteiger partial charge on any atom is 0.244 e. The summed E-state index contributed by atoms with van der Waals surface area (Å²) < 4.78 is 10.6. The average molecular weight is 311 g/mol. The lowest BCUT2D eigenvalue weighted by Crippen LogP contribution is -2.20. The van der Waals surface area contributed by atoms with E-state index in [9.17, 15) is 4.79 Å². The van der Waals surface area contributed by atoms with Gasteiger partial charge in [-0.25, -0.2) is 0 Å². The minimum atomic E-state index is -0.157. The van der Waals surface area contributed by atoms with Crippen LogP contribution in [-0.4, -0.2) is 20.1 Å². The fourth-order valence-electron chi connectivity index (χ4n) is 2.16. The zero-order chi connectivity index (χ0) is 16.7. The molecule has 120 valence electrons. The monoisotopic (exact) mass is 311 g/mol. The van der Waals surface area contributed by atoms with Gasteiger partial charge in [-0.05, 0) is 24.6 Å². The molecule has 0 atom stereocenters. The normalized spacial score (nSPS) is 10.6. The van der Waals surface area contributed by atoms with E-state index in [0.29, 0.717) is 18.0 Å². The highest BCUT2D eigenvalue weighted by molar-refractivity contribution is 5.92. The van der Waals surface area contributed by atoms with Crippen LogP contribution >= 0.6 is 0 Å². The zero-order valence-electron chi connectivity index (χ0n) is 13.6. The predicted molar refractivity (Wildman–Crippen MR) is 91.6 cm³/mol. The summed E-state index contributed by atoms with van der Waals surface area (Å²) in [6.45, 7) is 2.53. The van der Waals surface area contributed by atoms with E-state index < -0.39 is 0 Å². The van der Waals surface area contributed by atoms with Crippen molar-refractivity contribution in [1.82, 2.24) is 5.32 Å². The largest absolute Gasteiger partial charge is 0.493 e. The fourth-order valence-corrected chi connectivity index (χ4v) is 2.16. The second kappa shape index (κ2) is 8.03. The summed E-state index contributed by atoms with van der Waals surface area (Å²) in [5.74, 6) is 1.09. The van der Waals surface area contributed by atoms with Crippen LogP contribution in [0.4, 0.5) is 0 Å². The number of ether oxygens (including phenoxy) is 2. The smallest absolute Gasteiger partial charge is 0.244 e. The summed E-state index contributed by atoms with van der Waals surface area (Å²) in [6.07, 6.45) is 3.21. The third-order valence-electron chi connectivity index (χ3n) is 3.44. The van der Waals surface area contributed by atoms with Gasteiger partial charge >= 0.3 is 0 Å². The molecule has 0 aliphatic rings. The molecule has 2 rings (SSSR count). The lowest BCUT2D eigenvalue weighted by atomic mass is 10.1. The van der Waals surface area contributed by atoms with Crippen LogP contribution in [0.2, 0.25) is 0 Å². The van der Waals surface area contributed by atoms with Gasteiger partial charge in [-0.2, -0.15) is 0 Å². The van der Waals surface area contributed by atoms with Crippen molar-refractivity contribution in [2.75, 3.05) is 14.2 Å². The van der Waals surface area contributed by atoms with Crippen molar-refractivity contribution in [3.63, 3.8) is 0 Å². The first-order valence-corrected chi connectivity index (χ1v) is 7.36. The molecule has 4 nitrogen and oxygen atoms in total. The molecule has 0 aliphatic heterocycles. The number of hydrogen-bond acceptors (Lipinski definition) is 3. The number of amides is 1. The van der Waals surface area contributed by atoms with E-state index in [4.69, 9.17) is 9.47 Å². The molecule has 0 unspecified atom stereocenters. The van der Waals surface area contributed by atoms with Gasteiger partial charge in [0.05, 0.1) is 14.2 Å². The number of hydrogen-bond donors (Lipinski definition) is 1. The van der Waals surface area contributed by atoms with E-state index in [1.807, 2.05) is 49.4 Å². The van der Waals surface area contributed by atoms with Gasteiger partial charge in [-0.1, -0.05) is 42.0 Å². The van der Waals surface area contributed by atoms with Crippen LogP contribution in [0.25, 0.3) is 6.08 Å². The van der Waals surface area contributed by atoms with Gasteiger partial charge in [0.2, 0.25) is 5.91 Å². The molecule has 2 aromatic carbocycles. The van der Waals surface area contributed by atoms with Gasteiger partial charge in [0.1, 0.15) is 0 Å². The number of aryl methyl sites for hydroxylation is 1. The van der Waals surface area contributed by atoms with E-state index in [2.05, 4.69) is 5.32 Å². The maximum atomic E-state index is 11.9. The van der Waals surface area contributed by atoms with Crippen LogP contribution < -0.4 is 14.8 Å². The molecular weight excluding hydrogens is 290 g/mol. The van der Waals surface area contributed by atoms with Crippen LogP contribution in [0.3, 0.4) is 0 Å². The zero-order valence-corrected chi connectivity index (χ0v) is 13.6. The number of para-hydroxylation sites is 1. The predicted octanol–water partition coefficient (Wildman–Crippen LogP) is 3.34. The molecule has 0 saturated heterocycles. The average Bonchev–Trinajstić information content (AvgIpc) is 2.58. The van der Waals surface area contributed by atoms with Crippen molar-refractivity contribution in [3.05, 3.63) is 65.2 Å². The quantitative estimate of drug-likeness (QED) is 0.832. The van der Waals surface area contributed by atoms with Gasteiger partial charge in [0, 0.05) is 18.2 Å². The lowest BCUT2D eigenvalue weighted by Gasteiger charge is -2.09. The van der Waals surface area contributed by atoms with Crippen molar-refractivity contribution in [2.24, 2.45) is 0 Å². The first-order valence-electron chi connectivity index (χ1n) is 7.36. The van der Waals surface area contributed by atoms with Gasteiger partial charge in [0.25, 0.3) is 0 Å². The number of carbonyl (C=O) groups excluding carboxylic acids is 1. The Hall–Kier alpha value is -2.75. The number of nitrogens with one attached hydrogen (secondary N) is 1. The van der Waals surface area contributed by atoms with E-state index >= 15 is 0 Å². The van der Waals surface area contributed by atoms with Crippen molar-refractivity contribution in [2.45, 2.75) is 13.5 Å². The molecule has 0 heterocycles. The molecule has 1 amide bonds. The molecule has 2 aromatic rings. The molecule has 0 fully saturated rings. The van der Waals surface area contributed by atoms with Crippen molar-refractivity contribution >= 4 is 12.0 Å². The maximum absolute atomic E-state index is 11.9. The molecule has 0 bridgehead atoms. The van der Waals surface area contributed by atoms with Crippen molar-refractivity contribution in [3.8, 4) is 11.5 Å². The van der Waals surface area contributed by atoms with Gasteiger partial charge in [-0.15, -0.1) is 0 Å². The molecule has 1 N–H and O–H groups in total. The Morgan fingerprint density at radius 2 is 1.83 bits per heavy atom. The van der Waals surface area contributed by atoms with E-state index in [1.165, 1.54) is 11.6 Å². The first kappa shape index (κ1) is 16.6. The topological polar surface area (TPSA) is 47.6 Å². The number of rotatable bonds is 6. The third kappa shape index (κ3) is 4.61. The Morgan fingerprint density at radius 1 is 1.09 bits per heavy atom. The van der Waals surface area contributed by atoms with Crippen LogP contribution in [0, 0.1) is 6.92 Å². The second-order valence-electron chi connectivity index (χ2n) is 5.12. The molecule has 0 spiro atoms. The van der Waals surface area contributed by atoms with Crippen LogP contribution in [0.1, 0.15) is 16.7 Å². The molecular formula is C19H21NO3. The molecule has 0 radical (unpaired) electrons. The Morgan fingerprint density at radius 3 is 2.48 bits per heavy atom. The molecule has 4 heteroatoms. The third-order valence-corrected chi connectivity index (χ3v) is 3.44. The highest BCUT2D eigenvalue weighted by Gasteiger charge is 2.07. The van der Waals surface area contributed by atoms with E-state index in [1.54, 1.807) is 20.3 Å². The summed E-state index contributed by atoms with van der Waals surface area (Å²) in [6, 6.07) is 13.6. The lowest BCUT2D eigenvalue weighted by molar-refractivity contribution is -0.116.